The van der Waals surface area contributed by atoms with E-state index in [-0.39, 0.29) is 6.04 Å². The van der Waals surface area contributed by atoms with Crippen LogP contribution in [0.4, 0.5) is 0 Å². The Kier molecular flexibility index (Phi) is 4.91. The summed E-state index contributed by atoms with van der Waals surface area (Å²) in [6.07, 6.45) is 0.607. The molecule has 118 valence electrons. The Labute approximate surface area is 140 Å². The van der Waals surface area contributed by atoms with Crippen LogP contribution in [0.1, 0.15) is 17.2 Å². The molecular weight excluding hydrogens is 326 g/mol. The van der Waals surface area contributed by atoms with Crippen molar-refractivity contribution in [3.05, 3.63) is 89.3 Å². The number of thiophene rings is 1. The van der Waals surface area contributed by atoms with Gasteiger partial charge in [-0.25, -0.2) is 13.1 Å². The topological polar surface area (TPSA) is 46.2 Å². The molecule has 1 aromatic heterocycles. The van der Waals surface area contributed by atoms with Gasteiger partial charge in [-0.15, -0.1) is 11.3 Å². The van der Waals surface area contributed by atoms with Crippen LogP contribution in [0, 0.1) is 0 Å². The van der Waals surface area contributed by atoms with Crippen molar-refractivity contribution in [2.45, 2.75) is 16.7 Å². The standard InChI is InChI=1S/C18H17NO2S2/c20-23(21,18-12-7-13-22-18)19-17(16-10-5-2-6-11-16)14-15-8-3-1-4-9-15/h1-13,17,19H,14H2. The Hall–Kier alpha value is -1.95. The van der Waals surface area contributed by atoms with Crippen molar-refractivity contribution >= 4 is 21.4 Å². The van der Waals surface area contributed by atoms with E-state index in [9.17, 15) is 8.42 Å². The minimum atomic E-state index is -3.52. The molecule has 2 aromatic carbocycles. The monoisotopic (exact) mass is 343 g/mol. The zero-order valence-corrected chi connectivity index (χ0v) is 14.1. The van der Waals surface area contributed by atoms with Crippen molar-refractivity contribution in [1.29, 1.82) is 0 Å². The van der Waals surface area contributed by atoms with E-state index in [0.717, 1.165) is 11.1 Å². The Morgan fingerprint density at radius 1 is 0.870 bits per heavy atom. The molecule has 1 atom stereocenters. The van der Waals surface area contributed by atoms with Crippen molar-refractivity contribution in [1.82, 2.24) is 4.72 Å². The van der Waals surface area contributed by atoms with Crippen LogP contribution < -0.4 is 4.72 Å². The van der Waals surface area contributed by atoms with Gasteiger partial charge in [0.05, 0.1) is 6.04 Å². The van der Waals surface area contributed by atoms with Crippen LogP contribution in [0.2, 0.25) is 0 Å². The van der Waals surface area contributed by atoms with E-state index in [2.05, 4.69) is 4.72 Å². The highest BCUT2D eigenvalue weighted by atomic mass is 32.2. The fraction of sp³-hybridized carbons (Fsp3) is 0.111. The molecule has 5 heteroatoms. The highest BCUT2D eigenvalue weighted by Crippen LogP contribution is 2.23. The third-order valence-electron chi connectivity index (χ3n) is 3.54. The number of hydrogen-bond donors (Lipinski definition) is 1. The lowest BCUT2D eigenvalue weighted by Gasteiger charge is -2.19. The average molecular weight is 343 g/mol. The van der Waals surface area contributed by atoms with Gasteiger partial charge in [0, 0.05) is 0 Å². The molecule has 0 amide bonds. The van der Waals surface area contributed by atoms with Gasteiger partial charge in [0.1, 0.15) is 4.21 Å². The fourth-order valence-corrected chi connectivity index (χ4v) is 4.66. The van der Waals surface area contributed by atoms with Crippen molar-refractivity contribution in [3.63, 3.8) is 0 Å². The minimum absolute atomic E-state index is 0.300. The summed E-state index contributed by atoms with van der Waals surface area (Å²) in [5.74, 6) is 0. The normalized spacial score (nSPS) is 12.9. The zero-order chi connectivity index (χ0) is 16.1. The minimum Gasteiger partial charge on any atom is -0.206 e. The second kappa shape index (κ2) is 7.08. The van der Waals surface area contributed by atoms with Crippen LogP contribution in [0.25, 0.3) is 0 Å². The zero-order valence-electron chi connectivity index (χ0n) is 12.4. The molecule has 0 fully saturated rings. The summed E-state index contributed by atoms with van der Waals surface area (Å²) in [5.41, 5.74) is 2.05. The molecule has 1 N–H and O–H groups in total. The predicted molar refractivity (Wildman–Crippen MR) is 94.0 cm³/mol. The number of sulfonamides is 1. The maximum atomic E-state index is 12.6. The number of rotatable bonds is 6. The van der Waals surface area contributed by atoms with Crippen molar-refractivity contribution < 1.29 is 8.42 Å². The summed E-state index contributed by atoms with van der Waals surface area (Å²) < 4.78 is 28.3. The Morgan fingerprint density at radius 2 is 1.52 bits per heavy atom. The maximum Gasteiger partial charge on any atom is 0.250 e. The van der Waals surface area contributed by atoms with Gasteiger partial charge in [0.25, 0.3) is 10.0 Å². The average Bonchev–Trinajstić information content (AvgIpc) is 3.11. The van der Waals surface area contributed by atoms with E-state index in [1.807, 2.05) is 60.7 Å². The third kappa shape index (κ3) is 4.07. The molecule has 0 aliphatic rings. The molecule has 3 aromatic rings. The Morgan fingerprint density at radius 3 is 2.13 bits per heavy atom. The van der Waals surface area contributed by atoms with Gasteiger partial charge in [-0.1, -0.05) is 66.7 Å². The summed E-state index contributed by atoms with van der Waals surface area (Å²) >= 11 is 1.22. The molecule has 0 radical (unpaired) electrons. The third-order valence-corrected chi connectivity index (χ3v) is 6.41. The molecule has 0 aliphatic carbocycles. The van der Waals surface area contributed by atoms with Gasteiger partial charge in [-0.05, 0) is 29.0 Å². The smallest absolute Gasteiger partial charge is 0.206 e. The number of nitrogens with one attached hydrogen (secondary N) is 1. The first-order valence-corrected chi connectivity index (χ1v) is 9.66. The first-order chi connectivity index (χ1) is 11.1. The van der Waals surface area contributed by atoms with E-state index in [4.69, 9.17) is 0 Å². The first kappa shape index (κ1) is 15.9. The van der Waals surface area contributed by atoms with Gasteiger partial charge >= 0.3 is 0 Å². The molecule has 0 spiro atoms. The molecule has 3 nitrogen and oxygen atoms in total. The van der Waals surface area contributed by atoms with Crippen LogP contribution >= 0.6 is 11.3 Å². The summed E-state index contributed by atoms with van der Waals surface area (Å²) in [4.78, 5) is 0. The summed E-state index contributed by atoms with van der Waals surface area (Å²) in [6, 6.07) is 22.6. The second-order valence-corrected chi connectivity index (χ2v) is 8.09. The summed E-state index contributed by atoms with van der Waals surface area (Å²) in [7, 11) is -3.52. The van der Waals surface area contributed by atoms with Gasteiger partial charge in [-0.2, -0.15) is 0 Å². The Bertz CT molecular complexity index is 829. The number of benzene rings is 2. The maximum absolute atomic E-state index is 12.6. The fourth-order valence-electron chi connectivity index (χ4n) is 2.42. The van der Waals surface area contributed by atoms with Crippen LogP contribution in [-0.4, -0.2) is 8.42 Å². The molecule has 1 heterocycles. The van der Waals surface area contributed by atoms with Gasteiger partial charge < -0.3 is 0 Å². The van der Waals surface area contributed by atoms with E-state index < -0.39 is 10.0 Å². The van der Waals surface area contributed by atoms with E-state index >= 15 is 0 Å². The lowest BCUT2D eigenvalue weighted by molar-refractivity contribution is 0.557. The summed E-state index contributed by atoms with van der Waals surface area (Å²) in [5, 5.41) is 1.77. The number of hydrogen-bond acceptors (Lipinski definition) is 3. The van der Waals surface area contributed by atoms with E-state index in [1.54, 1.807) is 17.5 Å². The van der Waals surface area contributed by atoms with Crippen LogP contribution in [0.3, 0.4) is 0 Å². The van der Waals surface area contributed by atoms with Crippen molar-refractivity contribution in [3.8, 4) is 0 Å². The lowest BCUT2D eigenvalue weighted by atomic mass is 10.00. The highest BCUT2D eigenvalue weighted by Gasteiger charge is 2.22. The highest BCUT2D eigenvalue weighted by molar-refractivity contribution is 7.91. The van der Waals surface area contributed by atoms with Crippen molar-refractivity contribution in [2.75, 3.05) is 0 Å². The van der Waals surface area contributed by atoms with Crippen LogP contribution in [0.15, 0.2) is 82.4 Å². The predicted octanol–water partition coefficient (Wildman–Crippen LogP) is 4.01. The molecular formula is C18H17NO2S2. The molecule has 23 heavy (non-hydrogen) atoms. The van der Waals surface area contributed by atoms with Gasteiger partial charge in [-0.3, -0.25) is 0 Å². The summed E-state index contributed by atoms with van der Waals surface area (Å²) in [6.45, 7) is 0. The van der Waals surface area contributed by atoms with E-state index in [1.165, 1.54) is 11.3 Å². The molecule has 3 rings (SSSR count). The molecule has 0 aliphatic heterocycles. The molecule has 0 saturated heterocycles. The molecule has 0 saturated carbocycles. The molecule has 0 bridgehead atoms. The second-order valence-electron chi connectivity index (χ2n) is 5.21. The lowest BCUT2D eigenvalue weighted by Crippen LogP contribution is -2.29. The van der Waals surface area contributed by atoms with E-state index in [0.29, 0.717) is 10.6 Å². The Balaban J connectivity index is 1.90. The van der Waals surface area contributed by atoms with Gasteiger partial charge in [0.2, 0.25) is 0 Å². The van der Waals surface area contributed by atoms with Crippen molar-refractivity contribution in [2.24, 2.45) is 0 Å². The quantitative estimate of drug-likeness (QED) is 0.735. The van der Waals surface area contributed by atoms with Gasteiger partial charge in [0.15, 0.2) is 0 Å². The SMILES string of the molecule is O=S(=O)(NC(Cc1ccccc1)c1ccccc1)c1cccs1. The van der Waals surface area contributed by atoms with Crippen LogP contribution in [-0.2, 0) is 16.4 Å². The molecule has 1 unspecified atom stereocenters. The first-order valence-electron chi connectivity index (χ1n) is 7.30. The largest absolute Gasteiger partial charge is 0.250 e. The van der Waals surface area contributed by atoms with Crippen LogP contribution in [0.5, 0.6) is 0 Å².